The van der Waals surface area contributed by atoms with Gasteiger partial charge >= 0.3 is 6.18 Å². The van der Waals surface area contributed by atoms with Crippen LogP contribution in [0.1, 0.15) is 25.7 Å². The highest BCUT2D eigenvalue weighted by molar-refractivity contribution is 4.97. The SMILES string of the molecule is CN[C@]1(C(F)(F)F)CC[C@H](O)CC1. The van der Waals surface area contributed by atoms with Gasteiger partial charge in [0, 0.05) is 0 Å². The van der Waals surface area contributed by atoms with E-state index in [1.165, 1.54) is 7.05 Å². The van der Waals surface area contributed by atoms with Crippen molar-refractivity contribution in [3.63, 3.8) is 0 Å². The van der Waals surface area contributed by atoms with E-state index in [-0.39, 0.29) is 25.7 Å². The molecule has 0 amide bonds. The number of nitrogens with one attached hydrogen (secondary N) is 1. The topological polar surface area (TPSA) is 32.3 Å². The molecule has 0 aromatic carbocycles. The van der Waals surface area contributed by atoms with Gasteiger partial charge in [0.2, 0.25) is 0 Å². The summed E-state index contributed by atoms with van der Waals surface area (Å²) in [5, 5.41) is 11.4. The lowest BCUT2D eigenvalue weighted by atomic mass is 9.80. The molecule has 2 N–H and O–H groups in total. The molecule has 0 saturated heterocycles. The number of aliphatic hydroxyl groups excluding tert-OH is 1. The zero-order chi connectivity index (χ0) is 10.1. The van der Waals surface area contributed by atoms with Crippen LogP contribution in [0.15, 0.2) is 0 Å². The molecule has 0 unspecified atom stereocenters. The number of hydrogen-bond acceptors (Lipinski definition) is 2. The predicted molar refractivity (Wildman–Crippen MR) is 42.3 cm³/mol. The quantitative estimate of drug-likeness (QED) is 0.666. The van der Waals surface area contributed by atoms with Gasteiger partial charge in [0.1, 0.15) is 5.54 Å². The molecule has 1 aliphatic carbocycles. The summed E-state index contributed by atoms with van der Waals surface area (Å²) in [6.07, 6.45) is -4.41. The molecule has 1 aliphatic rings. The van der Waals surface area contributed by atoms with E-state index in [9.17, 15) is 13.2 Å². The lowest BCUT2D eigenvalue weighted by Crippen LogP contribution is -2.57. The van der Waals surface area contributed by atoms with Crippen LogP contribution in [-0.2, 0) is 0 Å². The monoisotopic (exact) mass is 197 g/mol. The second-order valence-electron chi connectivity index (χ2n) is 3.56. The van der Waals surface area contributed by atoms with E-state index in [1.807, 2.05) is 0 Å². The normalized spacial score (nSPS) is 36.2. The molecule has 78 valence electrons. The first kappa shape index (κ1) is 10.8. The smallest absolute Gasteiger partial charge is 0.393 e. The van der Waals surface area contributed by atoms with Crippen LogP contribution in [0, 0.1) is 0 Å². The Balaban J connectivity index is 2.72. The molecule has 1 fully saturated rings. The first-order valence-corrected chi connectivity index (χ1v) is 4.35. The Hall–Kier alpha value is -0.290. The number of aliphatic hydroxyl groups is 1. The summed E-state index contributed by atoms with van der Waals surface area (Å²) in [5.74, 6) is 0. The minimum Gasteiger partial charge on any atom is -0.393 e. The summed E-state index contributed by atoms with van der Waals surface area (Å²) in [6.45, 7) is 0. The maximum atomic E-state index is 12.6. The molecule has 2 nitrogen and oxygen atoms in total. The first-order valence-electron chi connectivity index (χ1n) is 4.35. The van der Waals surface area contributed by atoms with Crippen LogP contribution >= 0.6 is 0 Å². The fourth-order valence-electron chi connectivity index (χ4n) is 1.77. The molecule has 1 saturated carbocycles. The second-order valence-corrected chi connectivity index (χ2v) is 3.56. The molecular formula is C8H14F3NO. The van der Waals surface area contributed by atoms with Crippen LogP contribution in [0.3, 0.4) is 0 Å². The van der Waals surface area contributed by atoms with Gasteiger partial charge < -0.3 is 10.4 Å². The summed E-state index contributed by atoms with van der Waals surface area (Å²) >= 11 is 0. The number of rotatable bonds is 1. The molecule has 0 bridgehead atoms. The van der Waals surface area contributed by atoms with Crippen LogP contribution < -0.4 is 5.32 Å². The highest BCUT2D eigenvalue weighted by Gasteiger charge is 2.54. The average molecular weight is 197 g/mol. The zero-order valence-electron chi connectivity index (χ0n) is 7.49. The Morgan fingerprint density at radius 3 is 2.08 bits per heavy atom. The summed E-state index contributed by atoms with van der Waals surface area (Å²) in [6, 6.07) is 0. The van der Waals surface area contributed by atoms with Gasteiger partial charge in [-0.05, 0) is 32.7 Å². The van der Waals surface area contributed by atoms with Crippen molar-refractivity contribution in [2.45, 2.75) is 43.5 Å². The maximum Gasteiger partial charge on any atom is 0.406 e. The highest BCUT2D eigenvalue weighted by Crippen LogP contribution is 2.41. The van der Waals surface area contributed by atoms with E-state index >= 15 is 0 Å². The van der Waals surface area contributed by atoms with Crippen LogP contribution in [0.2, 0.25) is 0 Å². The van der Waals surface area contributed by atoms with E-state index in [0.29, 0.717) is 0 Å². The molecular weight excluding hydrogens is 183 g/mol. The summed E-state index contributed by atoms with van der Waals surface area (Å²) in [5.41, 5.74) is -1.77. The number of alkyl halides is 3. The molecule has 0 aromatic rings. The third-order valence-corrected chi connectivity index (χ3v) is 2.83. The van der Waals surface area contributed by atoms with Gasteiger partial charge in [-0.15, -0.1) is 0 Å². The van der Waals surface area contributed by atoms with Crippen molar-refractivity contribution in [1.82, 2.24) is 5.32 Å². The van der Waals surface area contributed by atoms with Crippen molar-refractivity contribution in [2.24, 2.45) is 0 Å². The average Bonchev–Trinajstić information content (AvgIpc) is 2.04. The highest BCUT2D eigenvalue weighted by atomic mass is 19.4. The largest absolute Gasteiger partial charge is 0.406 e. The van der Waals surface area contributed by atoms with Crippen LogP contribution in [0.5, 0.6) is 0 Å². The summed E-state index contributed by atoms with van der Waals surface area (Å²) in [4.78, 5) is 0. The van der Waals surface area contributed by atoms with Gasteiger partial charge in [-0.25, -0.2) is 0 Å². The Labute approximate surface area is 75.1 Å². The minimum absolute atomic E-state index is 0.0336. The summed E-state index contributed by atoms with van der Waals surface area (Å²) < 4.78 is 37.7. The van der Waals surface area contributed by atoms with Crippen LogP contribution in [0.4, 0.5) is 13.2 Å². The van der Waals surface area contributed by atoms with E-state index in [1.54, 1.807) is 0 Å². The van der Waals surface area contributed by atoms with Gasteiger partial charge in [-0.2, -0.15) is 13.2 Å². The zero-order valence-corrected chi connectivity index (χ0v) is 7.49. The summed E-state index contributed by atoms with van der Waals surface area (Å²) in [7, 11) is 1.32. The van der Waals surface area contributed by atoms with Crippen molar-refractivity contribution in [1.29, 1.82) is 0 Å². The van der Waals surface area contributed by atoms with Crippen LogP contribution in [0.25, 0.3) is 0 Å². The number of halogens is 3. The van der Waals surface area contributed by atoms with Crippen molar-refractivity contribution in [3.8, 4) is 0 Å². The van der Waals surface area contributed by atoms with Gasteiger partial charge in [0.05, 0.1) is 6.10 Å². The van der Waals surface area contributed by atoms with Gasteiger partial charge in [-0.1, -0.05) is 0 Å². The third kappa shape index (κ3) is 1.96. The Kier molecular flexibility index (Phi) is 2.87. The molecule has 0 spiro atoms. The second kappa shape index (κ2) is 3.46. The third-order valence-electron chi connectivity index (χ3n) is 2.83. The van der Waals surface area contributed by atoms with Gasteiger partial charge in [0.25, 0.3) is 0 Å². The van der Waals surface area contributed by atoms with Crippen molar-refractivity contribution >= 4 is 0 Å². The van der Waals surface area contributed by atoms with E-state index in [2.05, 4.69) is 5.32 Å². The van der Waals surface area contributed by atoms with Gasteiger partial charge in [0.15, 0.2) is 0 Å². The fourth-order valence-corrected chi connectivity index (χ4v) is 1.77. The minimum atomic E-state index is -4.22. The lowest BCUT2D eigenvalue weighted by molar-refractivity contribution is -0.207. The van der Waals surface area contributed by atoms with Crippen molar-refractivity contribution in [2.75, 3.05) is 7.05 Å². The molecule has 0 radical (unpaired) electrons. The first-order chi connectivity index (χ1) is 5.91. The lowest BCUT2D eigenvalue weighted by Gasteiger charge is -2.40. The Bertz CT molecular complexity index is 173. The van der Waals surface area contributed by atoms with E-state index in [4.69, 9.17) is 5.11 Å². The molecule has 1 rings (SSSR count). The van der Waals surface area contributed by atoms with E-state index in [0.717, 1.165) is 0 Å². The molecule has 13 heavy (non-hydrogen) atoms. The fraction of sp³-hybridized carbons (Fsp3) is 1.00. The van der Waals surface area contributed by atoms with Crippen LogP contribution in [-0.4, -0.2) is 30.0 Å². The molecule has 0 aromatic heterocycles. The molecule has 0 atom stereocenters. The molecule has 5 heteroatoms. The van der Waals surface area contributed by atoms with E-state index < -0.39 is 17.8 Å². The van der Waals surface area contributed by atoms with Crippen molar-refractivity contribution < 1.29 is 18.3 Å². The molecule has 0 heterocycles. The maximum absolute atomic E-state index is 12.6. The molecule has 0 aliphatic heterocycles. The standard InChI is InChI=1S/C8H14F3NO/c1-12-7(8(9,10)11)4-2-6(13)3-5-7/h6,12-13H,2-5H2,1H3/t6-,7+. The Morgan fingerprint density at radius 2 is 1.77 bits per heavy atom. The predicted octanol–water partition coefficient (Wildman–Crippen LogP) is 1.44. The number of hydrogen-bond donors (Lipinski definition) is 2. The van der Waals surface area contributed by atoms with Crippen molar-refractivity contribution in [3.05, 3.63) is 0 Å². The van der Waals surface area contributed by atoms with Gasteiger partial charge in [-0.3, -0.25) is 0 Å². The Morgan fingerprint density at radius 1 is 1.31 bits per heavy atom.